The van der Waals surface area contributed by atoms with E-state index in [0.717, 1.165) is 18.4 Å². The molecule has 0 aromatic heterocycles. The highest BCUT2D eigenvalue weighted by molar-refractivity contribution is 7.89. The van der Waals surface area contributed by atoms with Gasteiger partial charge in [0.2, 0.25) is 10.0 Å². The van der Waals surface area contributed by atoms with Crippen LogP contribution < -0.4 is 10.6 Å². The van der Waals surface area contributed by atoms with Gasteiger partial charge >= 0.3 is 0 Å². The average Bonchev–Trinajstić information content (AvgIpc) is 2.30. The second-order valence-corrected chi connectivity index (χ2v) is 5.39. The molecule has 0 aliphatic heterocycles. The van der Waals surface area contributed by atoms with E-state index in [1.54, 1.807) is 31.2 Å². The molecule has 3 N–H and O–H groups in total. The second-order valence-electron chi connectivity index (χ2n) is 3.62. The molecule has 6 heteroatoms. The quantitative estimate of drug-likeness (QED) is 0.560. The van der Waals surface area contributed by atoms with E-state index in [4.69, 9.17) is 5.90 Å². The number of hydrogen-bond donors (Lipinski definition) is 2. The van der Waals surface area contributed by atoms with Crippen molar-refractivity contribution >= 4 is 10.0 Å². The molecule has 5 nitrogen and oxygen atoms in total. The van der Waals surface area contributed by atoms with Crippen LogP contribution in [-0.4, -0.2) is 21.6 Å². The fraction of sp³-hybridized carbons (Fsp3) is 0.455. The Morgan fingerprint density at radius 1 is 1.29 bits per heavy atom. The zero-order valence-electron chi connectivity index (χ0n) is 9.85. The van der Waals surface area contributed by atoms with Crippen molar-refractivity contribution in [3.8, 4) is 0 Å². The van der Waals surface area contributed by atoms with Gasteiger partial charge in [-0.2, -0.15) is 0 Å². The van der Waals surface area contributed by atoms with Gasteiger partial charge in [-0.25, -0.2) is 19.0 Å². The highest BCUT2D eigenvalue weighted by Crippen LogP contribution is 2.11. The largest absolute Gasteiger partial charge is 0.305 e. The van der Waals surface area contributed by atoms with Crippen LogP contribution in [0.15, 0.2) is 29.2 Å². The second kappa shape index (κ2) is 6.70. The van der Waals surface area contributed by atoms with E-state index in [1.807, 2.05) is 0 Å². The van der Waals surface area contributed by atoms with Crippen LogP contribution in [0.2, 0.25) is 0 Å². The maximum atomic E-state index is 11.7. The minimum Gasteiger partial charge on any atom is -0.305 e. The van der Waals surface area contributed by atoms with E-state index in [2.05, 4.69) is 9.56 Å². The van der Waals surface area contributed by atoms with Gasteiger partial charge in [0.05, 0.1) is 11.5 Å². The number of hydrogen-bond acceptors (Lipinski definition) is 4. The first-order chi connectivity index (χ1) is 8.10. The molecule has 0 fully saturated rings. The summed E-state index contributed by atoms with van der Waals surface area (Å²) in [6.45, 7) is 2.63. The first-order valence-corrected chi connectivity index (χ1v) is 6.98. The van der Waals surface area contributed by atoms with Crippen LogP contribution in [0.5, 0.6) is 0 Å². The highest BCUT2D eigenvalue weighted by atomic mass is 32.2. The SMILES string of the molecule is CCNS(=O)(=O)c1ccc(CCCON)cc1. The first-order valence-electron chi connectivity index (χ1n) is 5.50. The van der Waals surface area contributed by atoms with E-state index >= 15 is 0 Å². The Hall–Kier alpha value is -0.950. The van der Waals surface area contributed by atoms with Crippen molar-refractivity contribution < 1.29 is 13.3 Å². The lowest BCUT2D eigenvalue weighted by Gasteiger charge is -2.05. The average molecular weight is 258 g/mol. The fourth-order valence-corrected chi connectivity index (χ4v) is 2.51. The lowest BCUT2D eigenvalue weighted by atomic mass is 10.1. The summed E-state index contributed by atoms with van der Waals surface area (Å²) in [7, 11) is -3.35. The Morgan fingerprint density at radius 2 is 1.94 bits per heavy atom. The van der Waals surface area contributed by atoms with E-state index < -0.39 is 10.0 Å². The molecular formula is C11H18N2O3S. The fourth-order valence-electron chi connectivity index (χ4n) is 1.47. The Balaban J connectivity index is 2.68. The monoisotopic (exact) mass is 258 g/mol. The number of rotatable bonds is 7. The number of sulfonamides is 1. The number of benzene rings is 1. The lowest BCUT2D eigenvalue weighted by Crippen LogP contribution is -2.23. The maximum absolute atomic E-state index is 11.7. The zero-order chi connectivity index (χ0) is 12.7. The van der Waals surface area contributed by atoms with Crippen molar-refractivity contribution in [3.63, 3.8) is 0 Å². The molecule has 0 aliphatic rings. The molecule has 96 valence electrons. The van der Waals surface area contributed by atoms with Crippen LogP contribution >= 0.6 is 0 Å². The summed E-state index contributed by atoms with van der Waals surface area (Å²) in [5.41, 5.74) is 1.07. The Labute approximate surface area is 102 Å². The smallest absolute Gasteiger partial charge is 0.240 e. The molecule has 0 heterocycles. The van der Waals surface area contributed by atoms with E-state index in [-0.39, 0.29) is 4.90 Å². The van der Waals surface area contributed by atoms with Gasteiger partial charge in [-0.3, -0.25) is 0 Å². The van der Waals surface area contributed by atoms with Gasteiger partial charge in [-0.1, -0.05) is 19.1 Å². The molecule has 0 aliphatic carbocycles. The number of aryl methyl sites for hydroxylation is 1. The molecule has 0 radical (unpaired) electrons. The molecule has 17 heavy (non-hydrogen) atoms. The standard InChI is InChI=1S/C11H18N2O3S/c1-2-13-17(14,15)11-7-5-10(6-8-11)4-3-9-16-12/h5-8,13H,2-4,9,12H2,1H3. The molecule has 0 amide bonds. The molecule has 0 unspecified atom stereocenters. The predicted octanol–water partition coefficient (Wildman–Crippen LogP) is 0.808. The Kier molecular flexibility index (Phi) is 5.57. The summed E-state index contributed by atoms with van der Waals surface area (Å²) in [6.07, 6.45) is 1.63. The summed E-state index contributed by atoms with van der Waals surface area (Å²) in [5, 5.41) is 0. The van der Waals surface area contributed by atoms with Crippen LogP contribution in [-0.2, 0) is 21.3 Å². The highest BCUT2D eigenvalue weighted by Gasteiger charge is 2.11. The summed E-state index contributed by atoms with van der Waals surface area (Å²) < 4.78 is 25.8. The number of nitrogens with two attached hydrogens (primary N) is 1. The van der Waals surface area contributed by atoms with Gasteiger partial charge in [-0.05, 0) is 30.5 Å². The van der Waals surface area contributed by atoms with E-state index in [1.165, 1.54) is 0 Å². The van der Waals surface area contributed by atoms with Crippen molar-refractivity contribution in [1.82, 2.24) is 4.72 Å². The van der Waals surface area contributed by atoms with E-state index in [9.17, 15) is 8.42 Å². The zero-order valence-corrected chi connectivity index (χ0v) is 10.7. The van der Waals surface area contributed by atoms with Crippen molar-refractivity contribution in [2.45, 2.75) is 24.7 Å². The van der Waals surface area contributed by atoms with Gasteiger partial charge in [0.1, 0.15) is 0 Å². The molecule has 0 bridgehead atoms. The van der Waals surface area contributed by atoms with Crippen molar-refractivity contribution in [2.24, 2.45) is 5.90 Å². The molecule has 0 atom stereocenters. The van der Waals surface area contributed by atoms with Crippen LogP contribution in [0.1, 0.15) is 18.9 Å². The Morgan fingerprint density at radius 3 is 2.47 bits per heavy atom. The maximum Gasteiger partial charge on any atom is 0.240 e. The van der Waals surface area contributed by atoms with Gasteiger partial charge in [0.25, 0.3) is 0 Å². The summed E-state index contributed by atoms with van der Waals surface area (Å²) >= 11 is 0. The third-order valence-corrected chi connectivity index (χ3v) is 3.86. The molecule has 1 aromatic rings. The number of nitrogens with one attached hydrogen (secondary N) is 1. The normalized spacial score (nSPS) is 11.6. The summed E-state index contributed by atoms with van der Waals surface area (Å²) in [5.74, 6) is 4.92. The van der Waals surface area contributed by atoms with Gasteiger partial charge < -0.3 is 4.84 Å². The molecule has 1 rings (SSSR count). The topological polar surface area (TPSA) is 81.4 Å². The summed E-state index contributed by atoms with van der Waals surface area (Å²) in [6, 6.07) is 6.83. The summed E-state index contributed by atoms with van der Waals surface area (Å²) in [4.78, 5) is 4.76. The van der Waals surface area contributed by atoms with Gasteiger partial charge in [0, 0.05) is 6.54 Å². The minimum absolute atomic E-state index is 0.290. The molecule has 1 aromatic carbocycles. The van der Waals surface area contributed by atoms with Crippen LogP contribution in [0.4, 0.5) is 0 Å². The third kappa shape index (κ3) is 4.43. The van der Waals surface area contributed by atoms with Crippen molar-refractivity contribution in [3.05, 3.63) is 29.8 Å². The molecule has 0 saturated heterocycles. The van der Waals surface area contributed by atoms with Crippen molar-refractivity contribution in [2.75, 3.05) is 13.2 Å². The third-order valence-electron chi connectivity index (χ3n) is 2.30. The van der Waals surface area contributed by atoms with E-state index in [0.29, 0.717) is 13.2 Å². The minimum atomic E-state index is -3.35. The predicted molar refractivity (Wildman–Crippen MR) is 65.8 cm³/mol. The molecular weight excluding hydrogens is 240 g/mol. The molecule has 0 spiro atoms. The molecule has 0 saturated carbocycles. The Bertz CT molecular complexity index is 429. The first kappa shape index (κ1) is 14.1. The van der Waals surface area contributed by atoms with Crippen LogP contribution in [0.25, 0.3) is 0 Å². The van der Waals surface area contributed by atoms with Crippen LogP contribution in [0.3, 0.4) is 0 Å². The van der Waals surface area contributed by atoms with Gasteiger partial charge in [0.15, 0.2) is 0 Å². The van der Waals surface area contributed by atoms with Gasteiger partial charge in [-0.15, -0.1) is 0 Å². The van der Waals surface area contributed by atoms with Crippen molar-refractivity contribution in [1.29, 1.82) is 0 Å². The van der Waals surface area contributed by atoms with Crippen LogP contribution in [0, 0.1) is 0 Å². The lowest BCUT2D eigenvalue weighted by molar-refractivity contribution is 0.135.